The number of aliphatic hydroxyl groups is 1. The molecule has 2 aliphatic heterocycles. The Hall–Kier alpha value is -0.550. The summed E-state index contributed by atoms with van der Waals surface area (Å²) in [6, 6.07) is 8.27. The summed E-state index contributed by atoms with van der Waals surface area (Å²) in [6.45, 7) is 0.969. The van der Waals surface area contributed by atoms with Crippen molar-refractivity contribution in [2.24, 2.45) is 0 Å². The summed E-state index contributed by atoms with van der Waals surface area (Å²) in [7, 11) is 4.13. The summed E-state index contributed by atoms with van der Waals surface area (Å²) < 4.78 is 6.35. The van der Waals surface area contributed by atoms with Crippen LogP contribution in [-0.4, -0.2) is 42.2 Å². The van der Waals surface area contributed by atoms with E-state index in [9.17, 15) is 5.11 Å². The fourth-order valence-corrected chi connectivity index (χ4v) is 4.70. The molecule has 2 heterocycles. The SMILES string of the molecule is CN(C)CCCC1(O)OC2(CCSCC2)c2ccccc21. The molecule has 1 aromatic rings. The number of nitrogens with zero attached hydrogens (tertiary/aromatic N) is 1. The molecule has 3 rings (SSSR count). The van der Waals surface area contributed by atoms with Crippen LogP contribution in [0.15, 0.2) is 24.3 Å². The van der Waals surface area contributed by atoms with Gasteiger partial charge < -0.3 is 14.7 Å². The second kappa shape index (κ2) is 5.92. The topological polar surface area (TPSA) is 32.7 Å². The van der Waals surface area contributed by atoms with Crippen molar-refractivity contribution >= 4 is 11.8 Å². The van der Waals surface area contributed by atoms with E-state index in [1.165, 1.54) is 5.56 Å². The van der Waals surface area contributed by atoms with E-state index in [1.54, 1.807) is 0 Å². The molecule has 3 nitrogen and oxygen atoms in total. The smallest absolute Gasteiger partial charge is 0.193 e. The Bertz CT molecular complexity index is 499. The van der Waals surface area contributed by atoms with Crippen LogP contribution in [0.3, 0.4) is 0 Å². The third-order valence-corrected chi connectivity index (χ3v) is 5.61. The van der Waals surface area contributed by atoms with Crippen molar-refractivity contribution < 1.29 is 9.84 Å². The fraction of sp³-hybridized carbons (Fsp3) is 0.647. The summed E-state index contributed by atoms with van der Waals surface area (Å²) in [4.78, 5) is 2.15. The average Bonchev–Trinajstić information content (AvgIpc) is 2.70. The van der Waals surface area contributed by atoms with Gasteiger partial charge in [0.05, 0.1) is 5.60 Å². The zero-order chi connectivity index (χ0) is 14.9. The predicted octanol–water partition coefficient (Wildman–Crippen LogP) is 2.93. The second-order valence-corrected chi connectivity index (χ2v) is 7.67. The highest BCUT2D eigenvalue weighted by Crippen LogP contribution is 2.53. The van der Waals surface area contributed by atoms with Crippen molar-refractivity contribution in [1.29, 1.82) is 0 Å². The van der Waals surface area contributed by atoms with Gasteiger partial charge in [-0.15, -0.1) is 0 Å². The lowest BCUT2D eigenvalue weighted by Crippen LogP contribution is -2.35. The van der Waals surface area contributed by atoms with E-state index in [-0.39, 0.29) is 5.60 Å². The number of fused-ring (bicyclic) bond motifs is 2. The molecule has 0 saturated carbocycles. The molecule has 1 fully saturated rings. The lowest BCUT2D eigenvalue weighted by Gasteiger charge is -2.36. The maximum atomic E-state index is 11.1. The molecule has 116 valence electrons. The molecule has 4 heteroatoms. The molecule has 2 aliphatic rings. The number of hydrogen-bond acceptors (Lipinski definition) is 4. The molecule has 1 spiro atoms. The van der Waals surface area contributed by atoms with Crippen molar-refractivity contribution in [2.45, 2.75) is 37.1 Å². The van der Waals surface area contributed by atoms with Crippen molar-refractivity contribution in [3.8, 4) is 0 Å². The number of ether oxygens (including phenoxy) is 1. The third kappa shape index (κ3) is 2.87. The summed E-state index contributed by atoms with van der Waals surface area (Å²) in [6.07, 6.45) is 3.61. The first-order valence-corrected chi connectivity index (χ1v) is 8.96. The van der Waals surface area contributed by atoms with Crippen molar-refractivity contribution in [3.63, 3.8) is 0 Å². The maximum absolute atomic E-state index is 11.1. The monoisotopic (exact) mass is 307 g/mol. The Morgan fingerprint density at radius 3 is 2.52 bits per heavy atom. The minimum Gasteiger partial charge on any atom is -0.362 e. The van der Waals surface area contributed by atoms with E-state index in [4.69, 9.17) is 4.74 Å². The fourth-order valence-electron chi connectivity index (χ4n) is 3.55. The zero-order valence-corrected chi connectivity index (χ0v) is 13.8. The molecular formula is C17H25NO2S. The Labute approximate surface area is 131 Å². The number of rotatable bonds is 4. The van der Waals surface area contributed by atoms with Crippen LogP contribution in [-0.2, 0) is 16.1 Å². The quantitative estimate of drug-likeness (QED) is 0.927. The van der Waals surface area contributed by atoms with Crippen LogP contribution in [0.2, 0.25) is 0 Å². The van der Waals surface area contributed by atoms with Crippen LogP contribution in [0.5, 0.6) is 0 Å². The van der Waals surface area contributed by atoms with Gasteiger partial charge in [-0.25, -0.2) is 0 Å². The Morgan fingerprint density at radius 2 is 1.86 bits per heavy atom. The molecule has 0 amide bonds. The highest BCUT2D eigenvalue weighted by Gasteiger charge is 2.52. The van der Waals surface area contributed by atoms with Gasteiger partial charge in [0.15, 0.2) is 5.79 Å². The number of benzene rings is 1. The molecule has 1 N–H and O–H groups in total. The van der Waals surface area contributed by atoms with Gasteiger partial charge in [-0.1, -0.05) is 24.3 Å². The third-order valence-electron chi connectivity index (χ3n) is 4.62. The minimum atomic E-state index is -1.10. The summed E-state index contributed by atoms with van der Waals surface area (Å²) in [5, 5.41) is 11.1. The van der Waals surface area contributed by atoms with E-state index in [0.717, 1.165) is 42.9 Å². The van der Waals surface area contributed by atoms with Crippen LogP contribution in [0.25, 0.3) is 0 Å². The van der Waals surface area contributed by atoms with Crippen LogP contribution in [0.1, 0.15) is 36.8 Å². The molecule has 1 unspecified atom stereocenters. The first-order valence-electron chi connectivity index (χ1n) is 7.81. The number of hydrogen-bond donors (Lipinski definition) is 1. The van der Waals surface area contributed by atoms with E-state index in [0.29, 0.717) is 6.42 Å². The van der Waals surface area contributed by atoms with Crippen molar-refractivity contribution in [2.75, 3.05) is 32.1 Å². The number of thioether (sulfide) groups is 1. The Morgan fingerprint density at radius 1 is 1.19 bits per heavy atom. The first-order chi connectivity index (χ1) is 10.1. The summed E-state index contributed by atoms with van der Waals surface area (Å²) in [5.41, 5.74) is 1.96. The molecule has 21 heavy (non-hydrogen) atoms. The molecular weight excluding hydrogens is 282 g/mol. The predicted molar refractivity (Wildman–Crippen MR) is 87.4 cm³/mol. The molecule has 0 aromatic heterocycles. The highest BCUT2D eigenvalue weighted by atomic mass is 32.2. The molecule has 0 radical (unpaired) electrons. The van der Waals surface area contributed by atoms with Gasteiger partial charge in [0.25, 0.3) is 0 Å². The van der Waals surface area contributed by atoms with Crippen LogP contribution < -0.4 is 0 Å². The van der Waals surface area contributed by atoms with Gasteiger partial charge in [0.1, 0.15) is 0 Å². The molecule has 1 aromatic carbocycles. The van der Waals surface area contributed by atoms with E-state index in [2.05, 4.69) is 31.1 Å². The first kappa shape index (κ1) is 15.3. The second-order valence-electron chi connectivity index (χ2n) is 6.45. The largest absolute Gasteiger partial charge is 0.362 e. The van der Waals surface area contributed by atoms with Gasteiger partial charge in [-0.05, 0) is 57.0 Å². The summed E-state index contributed by atoms with van der Waals surface area (Å²) in [5.74, 6) is 1.12. The van der Waals surface area contributed by atoms with E-state index < -0.39 is 5.79 Å². The van der Waals surface area contributed by atoms with Crippen LogP contribution in [0, 0.1) is 0 Å². The van der Waals surface area contributed by atoms with Gasteiger partial charge in [-0.3, -0.25) is 0 Å². The summed E-state index contributed by atoms with van der Waals surface area (Å²) >= 11 is 1.98. The van der Waals surface area contributed by atoms with Gasteiger partial charge in [0, 0.05) is 12.0 Å². The normalized spacial score (nSPS) is 27.2. The van der Waals surface area contributed by atoms with Gasteiger partial charge >= 0.3 is 0 Å². The molecule has 1 atom stereocenters. The Balaban J connectivity index is 1.86. The van der Waals surface area contributed by atoms with Crippen molar-refractivity contribution in [3.05, 3.63) is 35.4 Å². The van der Waals surface area contributed by atoms with Gasteiger partial charge in [0.2, 0.25) is 0 Å². The molecule has 1 saturated heterocycles. The van der Waals surface area contributed by atoms with E-state index in [1.807, 2.05) is 23.9 Å². The highest BCUT2D eigenvalue weighted by molar-refractivity contribution is 7.99. The van der Waals surface area contributed by atoms with Crippen molar-refractivity contribution in [1.82, 2.24) is 4.90 Å². The minimum absolute atomic E-state index is 0.255. The van der Waals surface area contributed by atoms with E-state index >= 15 is 0 Å². The standard InChI is InChI=1S/C17H25NO2S/c1-18(2)11-5-8-17(19)15-7-4-3-6-14(15)16(20-17)9-12-21-13-10-16/h3-4,6-7,19H,5,8-13H2,1-2H3. The van der Waals surface area contributed by atoms with Crippen LogP contribution in [0.4, 0.5) is 0 Å². The molecule has 0 bridgehead atoms. The average molecular weight is 307 g/mol. The lowest BCUT2D eigenvalue weighted by molar-refractivity contribution is -0.265. The maximum Gasteiger partial charge on any atom is 0.193 e. The molecule has 0 aliphatic carbocycles. The lowest BCUT2D eigenvalue weighted by atomic mass is 9.86. The van der Waals surface area contributed by atoms with Crippen LogP contribution >= 0.6 is 11.8 Å². The zero-order valence-electron chi connectivity index (χ0n) is 13.0. The Kier molecular flexibility index (Phi) is 4.33. The van der Waals surface area contributed by atoms with Gasteiger partial charge in [-0.2, -0.15) is 11.8 Å².